The highest BCUT2D eigenvalue weighted by atomic mass is 32.2. The number of carbonyl (C=O) groups is 2. The summed E-state index contributed by atoms with van der Waals surface area (Å²) in [6.07, 6.45) is 8.66. The number of hydrogen-bond donors (Lipinski definition) is 1. The average Bonchev–Trinajstić information content (AvgIpc) is 2.80. The van der Waals surface area contributed by atoms with Crippen molar-refractivity contribution in [1.82, 2.24) is 9.62 Å². The van der Waals surface area contributed by atoms with E-state index >= 15 is 0 Å². The van der Waals surface area contributed by atoms with E-state index in [4.69, 9.17) is 4.74 Å². The third kappa shape index (κ3) is 5.63. The van der Waals surface area contributed by atoms with Crippen LogP contribution in [0.2, 0.25) is 0 Å². The molecule has 2 atom stereocenters. The summed E-state index contributed by atoms with van der Waals surface area (Å²) in [5, 5.41) is 2.89. The lowest BCUT2D eigenvalue weighted by Gasteiger charge is -2.34. The molecule has 1 N–H and O–H groups in total. The van der Waals surface area contributed by atoms with Crippen LogP contribution in [-0.4, -0.2) is 57.3 Å². The molecule has 8 nitrogen and oxygen atoms in total. The van der Waals surface area contributed by atoms with Gasteiger partial charge in [0.05, 0.1) is 10.6 Å². The lowest BCUT2D eigenvalue weighted by Crippen LogP contribution is -2.45. The molecule has 1 fully saturated rings. The number of carbonyl (C=O) groups excluding carboxylic acids is 2. The van der Waals surface area contributed by atoms with Crippen molar-refractivity contribution in [3.63, 3.8) is 0 Å². The number of amides is 2. The molecule has 2 amide bonds. The summed E-state index contributed by atoms with van der Waals surface area (Å²) in [6, 6.07) is 4.56. The molecule has 34 heavy (non-hydrogen) atoms. The molecule has 1 aliphatic carbocycles. The lowest BCUT2D eigenvalue weighted by molar-refractivity contribution is -0.125. The monoisotopic (exact) mass is 489 g/mol. The third-order valence-electron chi connectivity index (χ3n) is 6.80. The Labute approximate surface area is 202 Å². The molecule has 0 spiro atoms. The van der Waals surface area contributed by atoms with Gasteiger partial charge in [-0.05, 0) is 68.6 Å². The number of piperidine rings is 1. The molecule has 4 rings (SSSR count). The second-order valence-electron chi connectivity index (χ2n) is 9.87. The van der Waals surface area contributed by atoms with Crippen molar-refractivity contribution in [2.45, 2.75) is 57.3 Å². The summed E-state index contributed by atoms with van der Waals surface area (Å²) in [5.74, 6) is 0.326. The van der Waals surface area contributed by atoms with Crippen molar-refractivity contribution in [1.29, 1.82) is 0 Å². The van der Waals surface area contributed by atoms with Gasteiger partial charge in [-0.25, -0.2) is 8.42 Å². The van der Waals surface area contributed by atoms with E-state index in [9.17, 15) is 18.0 Å². The molecule has 1 saturated heterocycles. The number of benzene rings is 1. The molecule has 0 bridgehead atoms. The van der Waals surface area contributed by atoms with E-state index in [2.05, 4.69) is 25.2 Å². The first-order valence-electron chi connectivity index (χ1n) is 12.3. The van der Waals surface area contributed by atoms with E-state index < -0.39 is 10.0 Å². The Hall–Kier alpha value is -2.39. The van der Waals surface area contributed by atoms with Crippen LogP contribution in [0, 0.1) is 11.8 Å². The second-order valence-corrected chi connectivity index (χ2v) is 11.8. The number of fused-ring (bicyclic) bond motifs is 1. The molecule has 2 heterocycles. The van der Waals surface area contributed by atoms with Gasteiger partial charge in [0, 0.05) is 19.6 Å². The molecule has 0 saturated carbocycles. The average molecular weight is 490 g/mol. The smallest absolute Gasteiger partial charge is 0.265 e. The summed E-state index contributed by atoms with van der Waals surface area (Å²) in [4.78, 5) is 26.7. The summed E-state index contributed by atoms with van der Waals surface area (Å²) >= 11 is 0. The maximum atomic E-state index is 13.4. The first-order valence-corrected chi connectivity index (χ1v) is 13.7. The SMILES string of the molecule is C[C@@H]1C[C@@H](C)CN(S(=O)(=O)c2ccc3c(c2)N(CC(=O)NCCC2=CCCCC2)C(=O)CO3)C1. The van der Waals surface area contributed by atoms with Crippen molar-refractivity contribution < 1.29 is 22.7 Å². The van der Waals surface area contributed by atoms with E-state index in [1.165, 1.54) is 39.8 Å². The zero-order chi connectivity index (χ0) is 24.3. The van der Waals surface area contributed by atoms with Crippen molar-refractivity contribution in [3.8, 4) is 5.75 Å². The summed E-state index contributed by atoms with van der Waals surface area (Å²) in [6.45, 7) is 5.24. The molecule has 1 aromatic rings. The fourth-order valence-corrected chi connectivity index (χ4v) is 6.86. The van der Waals surface area contributed by atoms with Crippen LogP contribution >= 0.6 is 0 Å². The summed E-state index contributed by atoms with van der Waals surface area (Å²) in [5.41, 5.74) is 1.69. The number of anilines is 1. The zero-order valence-electron chi connectivity index (χ0n) is 20.1. The molecule has 2 aliphatic heterocycles. The fourth-order valence-electron chi connectivity index (χ4n) is 5.16. The molecule has 9 heteroatoms. The largest absolute Gasteiger partial charge is 0.482 e. The molecular weight excluding hydrogens is 454 g/mol. The predicted octanol–water partition coefficient (Wildman–Crippen LogP) is 3.09. The lowest BCUT2D eigenvalue weighted by atomic mass is 9.94. The number of hydrogen-bond acceptors (Lipinski definition) is 5. The van der Waals surface area contributed by atoms with Crippen molar-refractivity contribution in [3.05, 3.63) is 29.8 Å². The minimum absolute atomic E-state index is 0.112. The van der Waals surface area contributed by atoms with Crippen molar-refractivity contribution in [2.75, 3.05) is 37.7 Å². The van der Waals surface area contributed by atoms with Crippen LogP contribution in [0.3, 0.4) is 0 Å². The van der Waals surface area contributed by atoms with Gasteiger partial charge in [0.1, 0.15) is 12.3 Å². The van der Waals surface area contributed by atoms with E-state index in [1.54, 1.807) is 6.07 Å². The van der Waals surface area contributed by atoms with Gasteiger partial charge in [0.25, 0.3) is 5.91 Å². The van der Waals surface area contributed by atoms with Gasteiger partial charge in [0.2, 0.25) is 15.9 Å². The molecule has 0 unspecified atom stereocenters. The number of allylic oxidation sites excluding steroid dienone is 1. The molecule has 3 aliphatic rings. The normalized spacial score (nSPS) is 23.6. The standard InChI is InChI=1S/C25H35N3O5S/c1-18-12-19(2)15-27(14-18)34(31,32)21-8-9-23-22(13-21)28(25(30)17-33-23)16-24(29)26-11-10-20-6-4-3-5-7-20/h6,8-9,13,18-19H,3-5,7,10-12,14-17H2,1-2H3,(H,26,29)/t18-,19-/m1/s1. The van der Waals surface area contributed by atoms with E-state index in [1.807, 2.05) is 0 Å². The minimum Gasteiger partial charge on any atom is -0.482 e. The van der Waals surface area contributed by atoms with Crippen molar-refractivity contribution in [2.24, 2.45) is 11.8 Å². The quantitative estimate of drug-likeness (QED) is 0.594. The van der Waals surface area contributed by atoms with Gasteiger partial charge in [-0.2, -0.15) is 4.31 Å². The van der Waals surface area contributed by atoms with Gasteiger partial charge in [-0.3, -0.25) is 14.5 Å². The maximum Gasteiger partial charge on any atom is 0.265 e. The van der Waals surface area contributed by atoms with Gasteiger partial charge in [-0.1, -0.05) is 25.5 Å². The highest BCUT2D eigenvalue weighted by Crippen LogP contribution is 2.36. The Kier molecular flexibility index (Phi) is 7.62. The minimum atomic E-state index is -3.72. The molecule has 0 aromatic heterocycles. The number of ether oxygens (including phenoxy) is 1. The van der Waals surface area contributed by atoms with Crippen LogP contribution in [0.25, 0.3) is 0 Å². The topological polar surface area (TPSA) is 96.0 Å². The highest BCUT2D eigenvalue weighted by molar-refractivity contribution is 7.89. The van der Waals surface area contributed by atoms with Crippen LogP contribution in [0.1, 0.15) is 52.4 Å². The van der Waals surface area contributed by atoms with Crippen LogP contribution in [0.15, 0.2) is 34.7 Å². The number of nitrogens with one attached hydrogen (secondary N) is 1. The third-order valence-corrected chi connectivity index (χ3v) is 8.63. The Morgan fingerprint density at radius 1 is 1.18 bits per heavy atom. The van der Waals surface area contributed by atoms with Gasteiger partial charge < -0.3 is 10.1 Å². The number of sulfonamides is 1. The highest BCUT2D eigenvalue weighted by Gasteiger charge is 2.34. The first-order chi connectivity index (χ1) is 16.2. The van der Waals surface area contributed by atoms with Gasteiger partial charge >= 0.3 is 0 Å². The zero-order valence-corrected chi connectivity index (χ0v) is 20.9. The molecular formula is C25H35N3O5S. The van der Waals surface area contributed by atoms with E-state index in [0.29, 0.717) is 31.1 Å². The first kappa shape index (κ1) is 24.7. The molecule has 0 radical (unpaired) electrons. The van der Waals surface area contributed by atoms with Crippen LogP contribution in [0.5, 0.6) is 5.75 Å². The number of rotatable bonds is 7. The maximum absolute atomic E-state index is 13.4. The van der Waals surface area contributed by atoms with Crippen LogP contribution in [0.4, 0.5) is 5.69 Å². The van der Waals surface area contributed by atoms with Gasteiger partial charge in [0.15, 0.2) is 6.61 Å². The number of nitrogens with zero attached hydrogens (tertiary/aromatic N) is 2. The Morgan fingerprint density at radius 3 is 2.65 bits per heavy atom. The summed E-state index contributed by atoms with van der Waals surface area (Å²) in [7, 11) is -3.72. The Morgan fingerprint density at radius 2 is 1.94 bits per heavy atom. The van der Waals surface area contributed by atoms with Crippen LogP contribution < -0.4 is 15.0 Å². The van der Waals surface area contributed by atoms with Crippen molar-refractivity contribution >= 4 is 27.5 Å². The predicted molar refractivity (Wildman–Crippen MR) is 130 cm³/mol. The second kappa shape index (κ2) is 10.5. The Balaban J connectivity index is 1.47. The fraction of sp³-hybridized carbons (Fsp3) is 0.600. The van der Waals surface area contributed by atoms with Crippen LogP contribution in [-0.2, 0) is 19.6 Å². The molecule has 1 aromatic carbocycles. The Bertz CT molecular complexity index is 1060. The van der Waals surface area contributed by atoms with E-state index in [-0.39, 0.29) is 41.7 Å². The van der Waals surface area contributed by atoms with E-state index in [0.717, 1.165) is 25.7 Å². The van der Waals surface area contributed by atoms with Gasteiger partial charge in [-0.15, -0.1) is 0 Å². The molecule has 186 valence electrons. The summed E-state index contributed by atoms with van der Waals surface area (Å²) < 4.78 is 33.8.